The normalized spacial score (nSPS) is 20.7. The van der Waals surface area contributed by atoms with E-state index in [1.54, 1.807) is 13.2 Å². The molecule has 3 aromatic carbocycles. The molecule has 1 aliphatic heterocycles. The van der Waals surface area contributed by atoms with Crippen LogP contribution in [0.2, 0.25) is 0 Å². The highest BCUT2D eigenvalue weighted by Crippen LogP contribution is 2.49. The van der Waals surface area contributed by atoms with E-state index in [9.17, 15) is 0 Å². The van der Waals surface area contributed by atoms with Gasteiger partial charge in [-0.1, -0.05) is 55.1 Å². The molecule has 3 aromatic rings. The van der Waals surface area contributed by atoms with Gasteiger partial charge < -0.3 is 14.8 Å². The van der Waals surface area contributed by atoms with Crippen molar-refractivity contribution in [2.75, 3.05) is 19.0 Å². The van der Waals surface area contributed by atoms with E-state index in [1.165, 1.54) is 16.8 Å². The molecule has 4 nitrogen and oxygen atoms in total. The Morgan fingerprint density at radius 1 is 1.06 bits per heavy atom. The molecule has 0 amide bonds. The Morgan fingerprint density at radius 2 is 1.91 bits per heavy atom. The van der Waals surface area contributed by atoms with Crippen molar-refractivity contribution in [3.05, 3.63) is 108 Å². The summed E-state index contributed by atoms with van der Waals surface area (Å²) in [7, 11) is 1.64. The molecule has 0 saturated carbocycles. The molecule has 0 spiro atoms. The summed E-state index contributed by atoms with van der Waals surface area (Å²) in [6.45, 7) is 4.12. The van der Waals surface area contributed by atoms with Crippen LogP contribution in [-0.4, -0.2) is 19.9 Å². The van der Waals surface area contributed by atoms with Crippen LogP contribution in [0.3, 0.4) is 0 Å². The quantitative estimate of drug-likeness (QED) is 0.326. The number of hydrogen-bond donors (Lipinski definition) is 1. The van der Waals surface area contributed by atoms with Gasteiger partial charge in [-0.3, -0.25) is 4.99 Å². The zero-order chi connectivity index (χ0) is 22.6. The SMILES string of the molecule is C=CCOc1ccc(C=Nc2ccc([C@@H]3Nc4ccccc4[C@H]4C=CC[C@@H]43)cc2)cc1OC. The molecule has 1 N–H and O–H groups in total. The zero-order valence-electron chi connectivity index (χ0n) is 18.8. The number of para-hydroxylation sites is 1. The van der Waals surface area contributed by atoms with E-state index in [0.29, 0.717) is 36.0 Å². The number of aliphatic imine (C=N–C) groups is 1. The first-order valence-electron chi connectivity index (χ1n) is 11.3. The smallest absolute Gasteiger partial charge is 0.161 e. The summed E-state index contributed by atoms with van der Waals surface area (Å²) in [4.78, 5) is 4.66. The Morgan fingerprint density at radius 3 is 2.73 bits per heavy atom. The van der Waals surface area contributed by atoms with Crippen molar-refractivity contribution < 1.29 is 9.47 Å². The topological polar surface area (TPSA) is 42.8 Å². The minimum absolute atomic E-state index is 0.297. The highest BCUT2D eigenvalue weighted by atomic mass is 16.5. The van der Waals surface area contributed by atoms with Crippen LogP contribution in [0.4, 0.5) is 11.4 Å². The molecule has 0 unspecified atom stereocenters. The maximum Gasteiger partial charge on any atom is 0.161 e. The average Bonchev–Trinajstić information content (AvgIpc) is 3.37. The Balaban J connectivity index is 1.32. The van der Waals surface area contributed by atoms with Crippen LogP contribution in [0.1, 0.15) is 35.1 Å². The van der Waals surface area contributed by atoms with Crippen molar-refractivity contribution in [1.82, 2.24) is 0 Å². The van der Waals surface area contributed by atoms with Gasteiger partial charge in [-0.2, -0.15) is 0 Å². The third-order valence-corrected chi connectivity index (χ3v) is 6.43. The highest BCUT2D eigenvalue weighted by molar-refractivity contribution is 5.83. The van der Waals surface area contributed by atoms with E-state index in [2.05, 4.69) is 77.6 Å². The van der Waals surface area contributed by atoms with Gasteiger partial charge in [0.2, 0.25) is 0 Å². The summed E-state index contributed by atoms with van der Waals surface area (Å²) in [5.41, 5.74) is 5.82. The monoisotopic (exact) mass is 436 g/mol. The standard InChI is InChI=1S/C29H28N2O2/c1-3-17-33-27-16-11-20(18-28(27)32-2)19-30-22-14-12-21(13-15-22)29-25-9-6-8-23(25)24-7-4-5-10-26(24)31-29/h3-8,10-16,18-19,23,25,29,31H,1,9,17H2,2H3/t23-,25+,29+/m1/s1. The first kappa shape index (κ1) is 21.1. The fraction of sp³-hybridized carbons (Fsp3) is 0.207. The molecule has 1 heterocycles. The Labute approximate surface area is 195 Å². The predicted octanol–water partition coefficient (Wildman–Crippen LogP) is 6.84. The summed E-state index contributed by atoms with van der Waals surface area (Å²) in [5, 5.41) is 3.78. The molecular formula is C29H28N2O2. The molecule has 0 bridgehead atoms. The second kappa shape index (κ2) is 9.37. The predicted molar refractivity (Wildman–Crippen MR) is 135 cm³/mol. The summed E-state index contributed by atoms with van der Waals surface area (Å²) in [6.07, 6.45) is 9.36. The van der Waals surface area contributed by atoms with Crippen molar-refractivity contribution >= 4 is 17.6 Å². The van der Waals surface area contributed by atoms with Crippen LogP contribution in [0, 0.1) is 5.92 Å². The number of hydrogen-bond acceptors (Lipinski definition) is 4. The first-order chi connectivity index (χ1) is 16.3. The van der Waals surface area contributed by atoms with Gasteiger partial charge in [-0.15, -0.1) is 0 Å². The Hall–Kier alpha value is -3.79. The van der Waals surface area contributed by atoms with Crippen molar-refractivity contribution in [1.29, 1.82) is 0 Å². The molecule has 0 saturated heterocycles. The lowest BCUT2D eigenvalue weighted by atomic mass is 9.77. The van der Waals surface area contributed by atoms with Gasteiger partial charge in [0.1, 0.15) is 6.61 Å². The molecule has 166 valence electrons. The van der Waals surface area contributed by atoms with Gasteiger partial charge in [-0.25, -0.2) is 0 Å². The van der Waals surface area contributed by atoms with Crippen LogP contribution >= 0.6 is 0 Å². The number of methoxy groups -OCH3 is 1. The molecule has 3 atom stereocenters. The number of allylic oxidation sites excluding steroid dienone is 2. The van der Waals surface area contributed by atoms with Crippen molar-refractivity contribution in [3.8, 4) is 11.5 Å². The van der Waals surface area contributed by atoms with Crippen LogP contribution in [0.25, 0.3) is 0 Å². The molecule has 2 aliphatic rings. The van der Waals surface area contributed by atoms with Crippen LogP contribution in [-0.2, 0) is 0 Å². The molecule has 33 heavy (non-hydrogen) atoms. The van der Waals surface area contributed by atoms with E-state index in [4.69, 9.17) is 9.47 Å². The number of anilines is 1. The Bertz CT molecular complexity index is 1200. The van der Waals surface area contributed by atoms with Crippen molar-refractivity contribution in [3.63, 3.8) is 0 Å². The van der Waals surface area contributed by atoms with Gasteiger partial charge in [0.25, 0.3) is 0 Å². The maximum atomic E-state index is 5.62. The third kappa shape index (κ3) is 4.29. The number of ether oxygens (including phenoxy) is 2. The molecular weight excluding hydrogens is 408 g/mol. The minimum Gasteiger partial charge on any atom is -0.493 e. The van der Waals surface area contributed by atoms with Gasteiger partial charge >= 0.3 is 0 Å². The number of rotatable bonds is 7. The van der Waals surface area contributed by atoms with E-state index >= 15 is 0 Å². The summed E-state index contributed by atoms with van der Waals surface area (Å²) >= 11 is 0. The van der Waals surface area contributed by atoms with Gasteiger partial charge in [0.15, 0.2) is 11.5 Å². The third-order valence-electron chi connectivity index (χ3n) is 6.43. The highest BCUT2D eigenvalue weighted by Gasteiger charge is 2.37. The summed E-state index contributed by atoms with van der Waals surface area (Å²) in [6, 6.07) is 23.3. The fourth-order valence-electron chi connectivity index (χ4n) is 4.82. The molecule has 0 aromatic heterocycles. The van der Waals surface area contributed by atoms with Crippen LogP contribution < -0.4 is 14.8 Å². The van der Waals surface area contributed by atoms with Crippen molar-refractivity contribution in [2.24, 2.45) is 10.9 Å². The fourth-order valence-corrected chi connectivity index (χ4v) is 4.82. The maximum absolute atomic E-state index is 5.62. The minimum atomic E-state index is 0.297. The second-order valence-electron chi connectivity index (χ2n) is 8.42. The van der Waals surface area contributed by atoms with Crippen molar-refractivity contribution in [2.45, 2.75) is 18.4 Å². The second-order valence-corrected chi connectivity index (χ2v) is 8.42. The lowest BCUT2D eigenvalue weighted by molar-refractivity contribution is 0.326. The lowest BCUT2D eigenvalue weighted by Gasteiger charge is -2.37. The Kier molecular flexibility index (Phi) is 5.99. The largest absolute Gasteiger partial charge is 0.493 e. The molecule has 1 aliphatic carbocycles. The zero-order valence-corrected chi connectivity index (χ0v) is 18.8. The summed E-state index contributed by atoms with van der Waals surface area (Å²) in [5.74, 6) is 2.40. The molecule has 4 heteroatoms. The number of fused-ring (bicyclic) bond motifs is 3. The van der Waals surface area contributed by atoms with E-state index in [-0.39, 0.29) is 0 Å². The van der Waals surface area contributed by atoms with E-state index in [0.717, 1.165) is 17.7 Å². The van der Waals surface area contributed by atoms with Crippen LogP contribution in [0.15, 0.2) is 96.5 Å². The van der Waals surface area contributed by atoms with Gasteiger partial charge in [0, 0.05) is 17.8 Å². The average molecular weight is 437 g/mol. The first-order valence-corrected chi connectivity index (χ1v) is 11.3. The van der Waals surface area contributed by atoms with Gasteiger partial charge in [0.05, 0.1) is 18.8 Å². The summed E-state index contributed by atoms with van der Waals surface area (Å²) < 4.78 is 11.1. The van der Waals surface area contributed by atoms with E-state index in [1.807, 2.05) is 24.4 Å². The van der Waals surface area contributed by atoms with E-state index < -0.39 is 0 Å². The number of nitrogens with one attached hydrogen (secondary N) is 1. The number of benzene rings is 3. The lowest BCUT2D eigenvalue weighted by Crippen LogP contribution is -2.28. The number of nitrogens with zero attached hydrogens (tertiary/aromatic N) is 1. The van der Waals surface area contributed by atoms with Gasteiger partial charge in [-0.05, 0) is 65.4 Å². The molecule has 0 fully saturated rings. The van der Waals surface area contributed by atoms with Crippen LogP contribution in [0.5, 0.6) is 11.5 Å². The molecule has 0 radical (unpaired) electrons. The molecule has 5 rings (SSSR count).